The molecule has 4 nitrogen and oxygen atoms in total. The minimum Gasteiger partial charge on any atom is -0.480 e. The van der Waals surface area contributed by atoms with Crippen molar-refractivity contribution in [1.29, 1.82) is 0 Å². The maximum Gasteiger partial charge on any atom is 0.321 e. The van der Waals surface area contributed by atoms with Gasteiger partial charge in [-0.15, -0.1) is 0 Å². The summed E-state index contributed by atoms with van der Waals surface area (Å²) in [4.78, 5) is 19.9. The quantitative estimate of drug-likeness (QED) is 0.237. The molecular formula is C17H34ClNO3S. The summed E-state index contributed by atoms with van der Waals surface area (Å²) in [6.45, 7) is 4.33. The van der Waals surface area contributed by atoms with E-state index in [1.54, 1.807) is 0 Å². The molecule has 0 aromatic heterocycles. The highest BCUT2D eigenvalue weighted by Gasteiger charge is 2.13. The first-order valence-electron chi connectivity index (χ1n) is 8.68. The molecule has 0 amide bonds. The van der Waals surface area contributed by atoms with E-state index in [1.807, 2.05) is 0 Å². The number of carbonyl (C=O) groups excluding carboxylic acids is 1. The van der Waals surface area contributed by atoms with Gasteiger partial charge in [-0.2, -0.15) is 12.6 Å². The van der Waals surface area contributed by atoms with Crippen LogP contribution >= 0.6 is 24.2 Å². The molecule has 0 rings (SSSR count). The molecule has 2 N–H and O–H groups in total. The predicted molar refractivity (Wildman–Crippen MR) is 102 cm³/mol. The van der Waals surface area contributed by atoms with E-state index in [0.717, 1.165) is 13.0 Å². The topological polar surface area (TPSA) is 66.4 Å². The normalized spacial score (nSPS) is 11.5. The van der Waals surface area contributed by atoms with E-state index in [9.17, 15) is 9.59 Å². The van der Waals surface area contributed by atoms with Gasteiger partial charge in [-0.1, -0.05) is 64.7 Å². The van der Waals surface area contributed by atoms with Crippen LogP contribution in [0.4, 0.5) is 0 Å². The lowest BCUT2D eigenvalue weighted by molar-refractivity contribution is -0.138. The molecule has 0 saturated heterocycles. The van der Waals surface area contributed by atoms with Crippen molar-refractivity contribution in [3.63, 3.8) is 0 Å². The van der Waals surface area contributed by atoms with Crippen molar-refractivity contribution in [3.8, 4) is 0 Å². The van der Waals surface area contributed by atoms with Crippen molar-refractivity contribution >= 4 is 35.4 Å². The van der Waals surface area contributed by atoms with E-state index in [-0.39, 0.29) is 5.24 Å². The number of aliphatic carboxylic acids is 1. The number of halogens is 1. The zero-order valence-corrected chi connectivity index (χ0v) is 16.3. The lowest BCUT2D eigenvalue weighted by atomic mass is 10.1. The third-order valence-electron chi connectivity index (χ3n) is 3.40. The van der Waals surface area contributed by atoms with Crippen LogP contribution < -0.4 is 5.32 Å². The van der Waals surface area contributed by atoms with E-state index in [0.29, 0.717) is 5.75 Å². The maximum atomic E-state index is 10.7. The molecule has 0 radical (unpaired) electrons. The summed E-state index contributed by atoms with van der Waals surface area (Å²) in [6.07, 6.45) is 13.0. The van der Waals surface area contributed by atoms with Gasteiger partial charge in [0.15, 0.2) is 0 Å². The Morgan fingerprint density at radius 2 is 1.39 bits per heavy atom. The number of carboxylic acid groups (broad SMARTS) is 1. The monoisotopic (exact) mass is 367 g/mol. The summed E-state index contributed by atoms with van der Waals surface area (Å²) >= 11 is 8.65. The van der Waals surface area contributed by atoms with Crippen molar-refractivity contribution in [1.82, 2.24) is 5.32 Å². The van der Waals surface area contributed by atoms with Crippen LogP contribution in [0.2, 0.25) is 0 Å². The largest absolute Gasteiger partial charge is 0.480 e. The molecule has 0 aromatic carbocycles. The molecule has 23 heavy (non-hydrogen) atoms. The van der Waals surface area contributed by atoms with E-state index in [1.165, 1.54) is 64.7 Å². The fourth-order valence-electron chi connectivity index (χ4n) is 2.12. The summed E-state index contributed by atoms with van der Waals surface area (Å²) in [5.74, 6) is -0.449. The molecule has 0 fully saturated rings. The summed E-state index contributed by atoms with van der Waals surface area (Å²) in [5.41, 5.74) is 0. The number of thiol groups is 1. The molecule has 6 heteroatoms. The highest BCUT2D eigenvalue weighted by Crippen LogP contribution is 2.10. The Morgan fingerprint density at radius 1 is 1.00 bits per heavy atom. The van der Waals surface area contributed by atoms with Crippen LogP contribution in [0, 0.1) is 0 Å². The number of unbranched alkanes of at least 4 members (excludes halogenated alkanes) is 9. The highest BCUT2D eigenvalue weighted by atomic mass is 35.5. The fraction of sp³-hybridized carbons (Fsp3) is 0.882. The SMILES string of the molecule is CC(=O)Cl.CCCCCCCCCCCCN[C@@H](CS)C(=O)O. The molecule has 0 aliphatic heterocycles. The number of nitrogens with one attached hydrogen (secondary N) is 1. The lowest BCUT2D eigenvalue weighted by Gasteiger charge is -2.11. The second kappa shape index (κ2) is 19.8. The van der Waals surface area contributed by atoms with Gasteiger partial charge in [-0.25, -0.2) is 0 Å². The van der Waals surface area contributed by atoms with E-state index < -0.39 is 12.0 Å². The van der Waals surface area contributed by atoms with Crippen LogP contribution in [-0.2, 0) is 9.59 Å². The van der Waals surface area contributed by atoms with Gasteiger partial charge in [0.05, 0.1) is 0 Å². The Bertz CT molecular complexity index is 287. The first-order chi connectivity index (χ1) is 11.0. The number of carbonyl (C=O) groups is 2. The third kappa shape index (κ3) is 24.1. The molecule has 0 aliphatic carbocycles. The van der Waals surface area contributed by atoms with Gasteiger partial charge in [-0.3, -0.25) is 9.59 Å². The first kappa shape index (κ1) is 25.0. The van der Waals surface area contributed by atoms with Gasteiger partial charge in [-0.05, 0) is 24.6 Å². The average molecular weight is 368 g/mol. The molecule has 0 heterocycles. The van der Waals surface area contributed by atoms with Gasteiger partial charge < -0.3 is 10.4 Å². The van der Waals surface area contributed by atoms with Crippen LogP contribution in [0.25, 0.3) is 0 Å². The number of carboxylic acids is 1. The van der Waals surface area contributed by atoms with Gasteiger partial charge in [0.2, 0.25) is 5.24 Å². The second-order valence-corrected chi connectivity index (χ2v) is 6.58. The maximum absolute atomic E-state index is 10.7. The zero-order chi connectivity index (χ0) is 17.9. The fourth-order valence-corrected chi connectivity index (χ4v) is 2.40. The second-order valence-electron chi connectivity index (χ2n) is 5.68. The molecular weight excluding hydrogens is 334 g/mol. The summed E-state index contributed by atoms with van der Waals surface area (Å²) in [5, 5.41) is 11.5. The predicted octanol–water partition coefficient (Wildman–Crippen LogP) is 4.65. The summed E-state index contributed by atoms with van der Waals surface area (Å²) in [7, 11) is 0. The van der Waals surface area contributed by atoms with Crippen LogP contribution in [0.3, 0.4) is 0 Å². The Labute approximate surface area is 152 Å². The van der Waals surface area contributed by atoms with Crippen LogP contribution in [0.15, 0.2) is 0 Å². The Balaban J connectivity index is 0. The van der Waals surface area contributed by atoms with Crippen LogP contribution in [-0.4, -0.2) is 34.7 Å². The highest BCUT2D eigenvalue weighted by molar-refractivity contribution is 7.80. The number of hydrogen-bond donors (Lipinski definition) is 3. The molecule has 0 saturated carbocycles. The first-order valence-corrected chi connectivity index (χ1v) is 9.69. The third-order valence-corrected chi connectivity index (χ3v) is 3.77. The molecule has 1 atom stereocenters. The van der Waals surface area contributed by atoms with Crippen molar-refractivity contribution in [2.45, 2.75) is 84.1 Å². The summed E-state index contributed by atoms with van der Waals surface area (Å²) in [6, 6.07) is -0.498. The standard InChI is InChI=1S/C15H31NO2S.C2H3ClO/c1-2-3-4-5-6-7-8-9-10-11-12-16-14(13-19)15(17)18;1-2(3)4/h14,16,19H,2-13H2,1H3,(H,17,18);1H3/t14-;/m0./s1. The smallest absolute Gasteiger partial charge is 0.321 e. The van der Waals surface area contributed by atoms with Gasteiger partial charge in [0.1, 0.15) is 6.04 Å². The molecule has 0 aromatic rings. The Hall–Kier alpha value is -0.260. The van der Waals surface area contributed by atoms with E-state index in [2.05, 4.69) is 36.5 Å². The van der Waals surface area contributed by atoms with Crippen molar-refractivity contribution < 1.29 is 14.7 Å². The number of hydrogen-bond acceptors (Lipinski definition) is 4. The molecule has 0 spiro atoms. The molecule has 0 unspecified atom stereocenters. The molecule has 0 aliphatic rings. The van der Waals surface area contributed by atoms with Crippen LogP contribution in [0.5, 0.6) is 0 Å². The Morgan fingerprint density at radius 3 is 1.74 bits per heavy atom. The average Bonchev–Trinajstić information content (AvgIpc) is 2.47. The van der Waals surface area contributed by atoms with Gasteiger partial charge in [0.25, 0.3) is 0 Å². The number of rotatable bonds is 14. The summed E-state index contributed by atoms with van der Waals surface area (Å²) < 4.78 is 0. The van der Waals surface area contributed by atoms with E-state index in [4.69, 9.17) is 5.11 Å². The van der Waals surface area contributed by atoms with Gasteiger partial charge >= 0.3 is 5.97 Å². The van der Waals surface area contributed by atoms with Crippen molar-refractivity contribution in [3.05, 3.63) is 0 Å². The molecule has 138 valence electrons. The molecule has 0 bridgehead atoms. The van der Waals surface area contributed by atoms with E-state index >= 15 is 0 Å². The van der Waals surface area contributed by atoms with Crippen molar-refractivity contribution in [2.75, 3.05) is 12.3 Å². The lowest BCUT2D eigenvalue weighted by Crippen LogP contribution is -2.38. The zero-order valence-electron chi connectivity index (χ0n) is 14.7. The van der Waals surface area contributed by atoms with Crippen LogP contribution in [0.1, 0.15) is 78.1 Å². The van der Waals surface area contributed by atoms with Crippen molar-refractivity contribution in [2.24, 2.45) is 0 Å². The minimum atomic E-state index is -0.804. The minimum absolute atomic E-state index is 0.354. The van der Waals surface area contributed by atoms with Gasteiger partial charge in [0, 0.05) is 12.7 Å². The Kier molecular flexibility index (Phi) is 21.5.